The van der Waals surface area contributed by atoms with Crippen LogP contribution in [0.25, 0.3) is 10.9 Å². The maximum Gasteiger partial charge on any atom is 0.316 e. The van der Waals surface area contributed by atoms with Crippen LogP contribution in [0.3, 0.4) is 0 Å². The normalized spacial score (nSPS) is 15.5. The van der Waals surface area contributed by atoms with Crippen LogP contribution in [0.5, 0.6) is 5.75 Å². The summed E-state index contributed by atoms with van der Waals surface area (Å²) >= 11 is 0. The number of fused-ring (bicyclic) bond motifs is 1. The van der Waals surface area contributed by atoms with Gasteiger partial charge in [0.05, 0.1) is 17.5 Å². The molecule has 2 aromatic carbocycles. The van der Waals surface area contributed by atoms with Crippen molar-refractivity contribution in [2.24, 2.45) is 7.05 Å². The Morgan fingerprint density at radius 3 is 2.65 bits per heavy atom. The minimum absolute atomic E-state index is 0.0576. The first-order chi connectivity index (χ1) is 15.0. The summed E-state index contributed by atoms with van der Waals surface area (Å²) in [5, 5.41) is 0.987. The monoisotopic (exact) mass is 421 g/mol. The van der Waals surface area contributed by atoms with Gasteiger partial charge in [-0.1, -0.05) is 30.3 Å². The minimum atomic E-state index is -0.711. The first-order valence-corrected chi connectivity index (χ1v) is 10.6. The van der Waals surface area contributed by atoms with E-state index in [2.05, 4.69) is 0 Å². The Balaban J connectivity index is 1.62. The number of benzene rings is 2. The van der Waals surface area contributed by atoms with Crippen molar-refractivity contribution in [3.8, 4) is 5.75 Å². The highest BCUT2D eigenvalue weighted by Gasteiger charge is 2.43. The minimum Gasteiger partial charge on any atom is -0.489 e. The molecule has 1 fully saturated rings. The number of ether oxygens (including phenoxy) is 3. The van der Waals surface area contributed by atoms with E-state index in [4.69, 9.17) is 14.2 Å². The predicted molar refractivity (Wildman–Crippen MR) is 118 cm³/mol. The zero-order chi connectivity index (χ0) is 21.8. The standard InChI is InChI=1S/C25H27NO5/c1-3-30-24(28)25(12-14-29-15-13-25)20-8-5-9-21(16-20)31-17-19-7-4-6-18-10-11-22(27)26(2)23(18)19/h4-11,16H,3,12-15,17H2,1-2H3. The number of nitrogens with zero attached hydrogens (tertiary/aromatic N) is 1. The molecule has 6 nitrogen and oxygen atoms in total. The van der Waals surface area contributed by atoms with Crippen LogP contribution in [0.15, 0.2) is 59.4 Å². The molecule has 0 aliphatic carbocycles. The number of hydrogen-bond donors (Lipinski definition) is 0. The number of carbonyl (C=O) groups is 1. The van der Waals surface area contributed by atoms with Gasteiger partial charge in [-0.05, 0) is 48.9 Å². The fourth-order valence-corrected chi connectivity index (χ4v) is 4.30. The lowest BCUT2D eigenvalue weighted by molar-refractivity contribution is -0.154. The highest BCUT2D eigenvalue weighted by atomic mass is 16.5. The summed E-state index contributed by atoms with van der Waals surface area (Å²) in [6.45, 7) is 3.52. The third kappa shape index (κ3) is 4.08. The average Bonchev–Trinajstić information content (AvgIpc) is 2.81. The Bertz CT molecular complexity index is 1140. The van der Waals surface area contributed by atoms with Gasteiger partial charge in [0.15, 0.2) is 0 Å². The van der Waals surface area contributed by atoms with Crippen LogP contribution in [-0.4, -0.2) is 30.4 Å². The molecule has 162 valence electrons. The summed E-state index contributed by atoms with van der Waals surface area (Å²) in [4.78, 5) is 25.0. The summed E-state index contributed by atoms with van der Waals surface area (Å²) in [7, 11) is 1.77. The van der Waals surface area contributed by atoms with Crippen molar-refractivity contribution < 1.29 is 19.0 Å². The van der Waals surface area contributed by atoms with E-state index in [1.807, 2.05) is 55.5 Å². The lowest BCUT2D eigenvalue weighted by Gasteiger charge is -2.35. The van der Waals surface area contributed by atoms with Gasteiger partial charge in [-0.2, -0.15) is 0 Å². The predicted octanol–water partition coefficient (Wildman–Crippen LogP) is 3.73. The second-order valence-corrected chi connectivity index (χ2v) is 7.82. The average molecular weight is 421 g/mol. The van der Waals surface area contributed by atoms with Crippen LogP contribution in [0.1, 0.15) is 30.9 Å². The van der Waals surface area contributed by atoms with E-state index in [0.717, 1.165) is 22.0 Å². The molecular weight excluding hydrogens is 394 g/mol. The fourth-order valence-electron chi connectivity index (χ4n) is 4.30. The summed E-state index contributed by atoms with van der Waals surface area (Å²) in [6, 6.07) is 17.0. The van der Waals surface area contributed by atoms with Crippen molar-refractivity contribution in [1.82, 2.24) is 4.57 Å². The number of aromatic nitrogens is 1. The number of esters is 1. The van der Waals surface area contributed by atoms with E-state index in [1.165, 1.54) is 0 Å². The molecule has 1 aliphatic rings. The SMILES string of the molecule is CCOC(=O)C1(c2cccc(OCc3cccc4ccc(=O)n(C)c34)c2)CCOCC1. The highest BCUT2D eigenvalue weighted by Crippen LogP contribution is 2.37. The second kappa shape index (κ2) is 8.94. The molecule has 1 aliphatic heterocycles. The van der Waals surface area contributed by atoms with Crippen molar-refractivity contribution in [3.05, 3.63) is 76.1 Å². The Kier molecular flexibility index (Phi) is 6.09. The third-order valence-electron chi connectivity index (χ3n) is 6.02. The Hall–Kier alpha value is -3.12. The van der Waals surface area contributed by atoms with Gasteiger partial charge in [-0.15, -0.1) is 0 Å². The van der Waals surface area contributed by atoms with Gasteiger partial charge in [0.1, 0.15) is 12.4 Å². The van der Waals surface area contributed by atoms with Crippen LogP contribution in [0, 0.1) is 0 Å². The zero-order valence-electron chi connectivity index (χ0n) is 17.9. The van der Waals surface area contributed by atoms with E-state index < -0.39 is 5.41 Å². The van der Waals surface area contributed by atoms with Crippen molar-refractivity contribution in [2.45, 2.75) is 31.8 Å². The van der Waals surface area contributed by atoms with E-state index in [1.54, 1.807) is 17.7 Å². The van der Waals surface area contributed by atoms with E-state index in [0.29, 0.717) is 45.0 Å². The molecule has 0 spiro atoms. The number of pyridine rings is 1. The fraction of sp³-hybridized carbons (Fsp3) is 0.360. The molecule has 0 unspecified atom stereocenters. The first-order valence-electron chi connectivity index (χ1n) is 10.6. The molecule has 1 aromatic heterocycles. The molecule has 1 saturated heterocycles. The van der Waals surface area contributed by atoms with Crippen LogP contribution in [-0.2, 0) is 33.3 Å². The third-order valence-corrected chi connectivity index (χ3v) is 6.02. The Morgan fingerprint density at radius 1 is 1.10 bits per heavy atom. The maximum atomic E-state index is 12.9. The summed E-state index contributed by atoms with van der Waals surface area (Å²) in [5.74, 6) is 0.463. The van der Waals surface area contributed by atoms with Gasteiger partial charge >= 0.3 is 5.97 Å². The molecular formula is C25H27NO5. The molecule has 2 heterocycles. The van der Waals surface area contributed by atoms with Crippen molar-refractivity contribution >= 4 is 16.9 Å². The van der Waals surface area contributed by atoms with E-state index in [-0.39, 0.29) is 11.5 Å². The number of rotatable bonds is 6. The van der Waals surface area contributed by atoms with Gasteiger partial charge in [0, 0.05) is 31.9 Å². The maximum absolute atomic E-state index is 12.9. The molecule has 0 bridgehead atoms. The molecule has 0 atom stereocenters. The summed E-state index contributed by atoms with van der Waals surface area (Å²) in [5.41, 5.74) is 1.90. The van der Waals surface area contributed by atoms with Gasteiger partial charge in [0.2, 0.25) is 0 Å². The highest BCUT2D eigenvalue weighted by molar-refractivity contribution is 5.84. The van der Waals surface area contributed by atoms with Gasteiger partial charge < -0.3 is 18.8 Å². The second-order valence-electron chi connectivity index (χ2n) is 7.82. The van der Waals surface area contributed by atoms with Gasteiger partial charge in [-0.3, -0.25) is 9.59 Å². The number of hydrogen-bond acceptors (Lipinski definition) is 5. The lowest BCUT2D eigenvalue weighted by atomic mass is 9.74. The van der Waals surface area contributed by atoms with Gasteiger partial charge in [-0.25, -0.2) is 0 Å². The van der Waals surface area contributed by atoms with Crippen LogP contribution >= 0.6 is 0 Å². The van der Waals surface area contributed by atoms with Crippen LogP contribution in [0.2, 0.25) is 0 Å². The molecule has 0 N–H and O–H groups in total. The van der Waals surface area contributed by atoms with E-state index in [9.17, 15) is 9.59 Å². The smallest absolute Gasteiger partial charge is 0.316 e. The summed E-state index contributed by atoms with van der Waals surface area (Å²) in [6.07, 6.45) is 1.17. The van der Waals surface area contributed by atoms with Gasteiger partial charge in [0.25, 0.3) is 5.56 Å². The van der Waals surface area contributed by atoms with Crippen LogP contribution in [0.4, 0.5) is 0 Å². The first kappa shape index (κ1) is 21.1. The summed E-state index contributed by atoms with van der Waals surface area (Å²) < 4.78 is 18.7. The molecule has 0 saturated carbocycles. The van der Waals surface area contributed by atoms with Crippen molar-refractivity contribution in [1.29, 1.82) is 0 Å². The quantitative estimate of drug-likeness (QED) is 0.568. The molecule has 0 radical (unpaired) electrons. The molecule has 4 rings (SSSR count). The Labute approximate surface area is 181 Å². The van der Waals surface area contributed by atoms with Crippen molar-refractivity contribution in [2.75, 3.05) is 19.8 Å². The lowest BCUT2D eigenvalue weighted by Crippen LogP contribution is -2.42. The van der Waals surface area contributed by atoms with Crippen LogP contribution < -0.4 is 10.3 Å². The number of carbonyl (C=O) groups excluding carboxylic acids is 1. The molecule has 0 amide bonds. The van der Waals surface area contributed by atoms with Crippen molar-refractivity contribution in [3.63, 3.8) is 0 Å². The number of aryl methyl sites for hydroxylation is 1. The molecule has 31 heavy (non-hydrogen) atoms. The Morgan fingerprint density at radius 2 is 1.87 bits per heavy atom. The molecule has 6 heteroatoms. The zero-order valence-corrected chi connectivity index (χ0v) is 17.9. The number of para-hydroxylation sites is 1. The largest absolute Gasteiger partial charge is 0.489 e. The molecule has 3 aromatic rings. The topological polar surface area (TPSA) is 66.8 Å². The van der Waals surface area contributed by atoms with E-state index >= 15 is 0 Å².